The monoisotopic (exact) mass is 296 g/mol. The standard InChI is InChI=1S/C12H12N2O3S2/c1-13-19(16,17)10-5-2-4-9(8-10)14-12(15)11-6-3-7-18-11/h2-8,13H,1H3,(H,14,15). The zero-order valence-corrected chi connectivity index (χ0v) is 11.7. The lowest BCUT2D eigenvalue weighted by molar-refractivity contribution is 0.103. The smallest absolute Gasteiger partial charge is 0.265 e. The van der Waals surface area contributed by atoms with E-state index in [1.165, 1.54) is 30.5 Å². The molecule has 5 nitrogen and oxygen atoms in total. The molecule has 0 atom stereocenters. The average molecular weight is 296 g/mol. The Bertz CT molecular complexity index is 679. The molecule has 0 fully saturated rings. The lowest BCUT2D eigenvalue weighted by atomic mass is 10.3. The van der Waals surface area contributed by atoms with Gasteiger partial charge < -0.3 is 5.32 Å². The number of carbonyl (C=O) groups is 1. The summed E-state index contributed by atoms with van der Waals surface area (Å²) in [7, 11) is -2.17. The van der Waals surface area contributed by atoms with Crippen molar-refractivity contribution in [3.8, 4) is 0 Å². The van der Waals surface area contributed by atoms with Crippen LogP contribution < -0.4 is 10.0 Å². The molecule has 0 aliphatic rings. The minimum absolute atomic E-state index is 0.110. The van der Waals surface area contributed by atoms with Gasteiger partial charge in [0.25, 0.3) is 5.91 Å². The minimum atomic E-state index is -3.51. The maximum atomic E-state index is 11.8. The Morgan fingerprint density at radius 2 is 2.00 bits per heavy atom. The van der Waals surface area contributed by atoms with Gasteiger partial charge in [0.05, 0.1) is 9.77 Å². The summed E-state index contributed by atoms with van der Waals surface area (Å²) in [6, 6.07) is 9.58. The van der Waals surface area contributed by atoms with Crippen LogP contribution in [0.4, 0.5) is 5.69 Å². The number of sulfonamides is 1. The van der Waals surface area contributed by atoms with E-state index in [-0.39, 0.29) is 10.8 Å². The number of nitrogens with one attached hydrogen (secondary N) is 2. The molecule has 2 N–H and O–H groups in total. The molecule has 100 valence electrons. The highest BCUT2D eigenvalue weighted by atomic mass is 32.2. The van der Waals surface area contributed by atoms with Crippen LogP contribution in [0.15, 0.2) is 46.7 Å². The fraction of sp³-hybridized carbons (Fsp3) is 0.0833. The first-order valence-electron chi connectivity index (χ1n) is 5.41. The first kappa shape index (κ1) is 13.7. The molecule has 0 saturated heterocycles. The fourth-order valence-electron chi connectivity index (χ4n) is 1.46. The molecule has 0 radical (unpaired) electrons. The second kappa shape index (κ2) is 5.52. The van der Waals surface area contributed by atoms with Crippen LogP contribution >= 0.6 is 11.3 Å². The molecule has 0 unspecified atom stereocenters. The molecule has 1 aromatic carbocycles. The molecule has 0 saturated carbocycles. The van der Waals surface area contributed by atoms with Gasteiger partial charge in [-0.05, 0) is 36.7 Å². The van der Waals surface area contributed by atoms with Crippen LogP contribution in [0.25, 0.3) is 0 Å². The van der Waals surface area contributed by atoms with Crippen LogP contribution in [0.3, 0.4) is 0 Å². The number of hydrogen-bond acceptors (Lipinski definition) is 4. The Labute approximate surface area is 115 Å². The van der Waals surface area contributed by atoms with E-state index in [4.69, 9.17) is 0 Å². The predicted octanol–water partition coefficient (Wildman–Crippen LogP) is 1.91. The summed E-state index contributed by atoms with van der Waals surface area (Å²) in [5, 5.41) is 4.46. The second-order valence-corrected chi connectivity index (χ2v) is 6.50. The lowest BCUT2D eigenvalue weighted by Crippen LogP contribution is -2.19. The molecule has 2 aromatic rings. The van der Waals surface area contributed by atoms with E-state index in [0.717, 1.165) is 0 Å². The molecule has 0 bridgehead atoms. The third-order valence-electron chi connectivity index (χ3n) is 2.42. The molecular formula is C12H12N2O3S2. The van der Waals surface area contributed by atoms with Gasteiger partial charge in [-0.25, -0.2) is 13.1 Å². The Morgan fingerprint density at radius 3 is 2.63 bits per heavy atom. The maximum absolute atomic E-state index is 11.8. The van der Waals surface area contributed by atoms with Crippen molar-refractivity contribution in [3.63, 3.8) is 0 Å². The third-order valence-corrected chi connectivity index (χ3v) is 4.70. The van der Waals surface area contributed by atoms with Crippen molar-refractivity contribution in [2.24, 2.45) is 0 Å². The molecule has 0 aliphatic heterocycles. The summed E-state index contributed by atoms with van der Waals surface area (Å²) in [4.78, 5) is 12.5. The number of anilines is 1. The normalized spacial score (nSPS) is 11.2. The second-order valence-electron chi connectivity index (χ2n) is 3.67. The van der Waals surface area contributed by atoms with Gasteiger partial charge in [0.2, 0.25) is 10.0 Å². The average Bonchev–Trinajstić information content (AvgIpc) is 2.93. The van der Waals surface area contributed by atoms with Crippen molar-refractivity contribution in [3.05, 3.63) is 46.7 Å². The van der Waals surface area contributed by atoms with Gasteiger partial charge in [-0.1, -0.05) is 12.1 Å². The van der Waals surface area contributed by atoms with Crippen molar-refractivity contribution >= 4 is 33.0 Å². The summed E-state index contributed by atoms with van der Waals surface area (Å²) in [5.41, 5.74) is 0.440. The third kappa shape index (κ3) is 3.19. The van der Waals surface area contributed by atoms with Gasteiger partial charge in [-0.15, -0.1) is 11.3 Å². The van der Waals surface area contributed by atoms with E-state index in [1.807, 2.05) is 0 Å². The molecule has 0 aliphatic carbocycles. The highest BCUT2D eigenvalue weighted by molar-refractivity contribution is 7.89. The highest BCUT2D eigenvalue weighted by Gasteiger charge is 2.13. The number of benzene rings is 1. The molecule has 1 heterocycles. The predicted molar refractivity (Wildman–Crippen MR) is 75.0 cm³/mol. The SMILES string of the molecule is CNS(=O)(=O)c1cccc(NC(=O)c2cccs2)c1. The van der Waals surface area contributed by atoms with Gasteiger partial charge >= 0.3 is 0 Å². The van der Waals surface area contributed by atoms with Gasteiger partial charge in [0.1, 0.15) is 0 Å². The molecule has 0 spiro atoms. The largest absolute Gasteiger partial charge is 0.321 e. The Morgan fingerprint density at radius 1 is 1.21 bits per heavy atom. The van der Waals surface area contributed by atoms with Crippen LogP contribution in [0, 0.1) is 0 Å². The molecule has 1 amide bonds. The van der Waals surface area contributed by atoms with Crippen molar-refractivity contribution in [2.75, 3.05) is 12.4 Å². The number of hydrogen-bond donors (Lipinski definition) is 2. The first-order valence-corrected chi connectivity index (χ1v) is 7.78. The lowest BCUT2D eigenvalue weighted by Gasteiger charge is -2.06. The maximum Gasteiger partial charge on any atom is 0.265 e. The molecule has 1 aromatic heterocycles. The van der Waals surface area contributed by atoms with Gasteiger partial charge in [-0.3, -0.25) is 4.79 Å². The van der Waals surface area contributed by atoms with Crippen molar-refractivity contribution in [1.29, 1.82) is 0 Å². The number of carbonyl (C=O) groups excluding carboxylic acids is 1. The molecule has 7 heteroatoms. The molecule has 2 rings (SSSR count). The minimum Gasteiger partial charge on any atom is -0.321 e. The zero-order chi connectivity index (χ0) is 13.9. The van der Waals surface area contributed by atoms with Crippen LogP contribution in [0.2, 0.25) is 0 Å². The first-order chi connectivity index (χ1) is 9.03. The van der Waals surface area contributed by atoms with E-state index in [1.54, 1.807) is 29.6 Å². The summed E-state index contributed by atoms with van der Waals surface area (Å²) >= 11 is 1.32. The van der Waals surface area contributed by atoms with E-state index >= 15 is 0 Å². The Hall–Kier alpha value is -1.70. The molecule has 19 heavy (non-hydrogen) atoms. The van der Waals surface area contributed by atoms with E-state index in [9.17, 15) is 13.2 Å². The van der Waals surface area contributed by atoms with E-state index < -0.39 is 10.0 Å². The summed E-state index contributed by atoms with van der Waals surface area (Å²) < 4.78 is 25.5. The van der Waals surface area contributed by atoms with Crippen LogP contribution in [-0.4, -0.2) is 21.4 Å². The van der Waals surface area contributed by atoms with Crippen molar-refractivity contribution in [2.45, 2.75) is 4.90 Å². The van der Waals surface area contributed by atoms with Crippen LogP contribution in [0.5, 0.6) is 0 Å². The fourth-order valence-corrected chi connectivity index (χ4v) is 2.85. The van der Waals surface area contributed by atoms with Crippen LogP contribution in [0.1, 0.15) is 9.67 Å². The van der Waals surface area contributed by atoms with Gasteiger partial charge in [-0.2, -0.15) is 0 Å². The van der Waals surface area contributed by atoms with Crippen molar-refractivity contribution < 1.29 is 13.2 Å². The summed E-state index contributed by atoms with van der Waals surface area (Å²) in [5.74, 6) is -0.256. The summed E-state index contributed by atoms with van der Waals surface area (Å²) in [6.07, 6.45) is 0. The van der Waals surface area contributed by atoms with Crippen LogP contribution in [-0.2, 0) is 10.0 Å². The Balaban J connectivity index is 2.23. The van der Waals surface area contributed by atoms with Gasteiger partial charge in [0, 0.05) is 5.69 Å². The Kier molecular flexibility index (Phi) is 3.98. The molecular weight excluding hydrogens is 284 g/mol. The van der Waals surface area contributed by atoms with E-state index in [0.29, 0.717) is 10.6 Å². The number of thiophene rings is 1. The van der Waals surface area contributed by atoms with Gasteiger partial charge in [0.15, 0.2) is 0 Å². The topological polar surface area (TPSA) is 75.3 Å². The zero-order valence-electron chi connectivity index (χ0n) is 10.1. The number of amides is 1. The quantitative estimate of drug-likeness (QED) is 0.905. The van der Waals surface area contributed by atoms with E-state index in [2.05, 4.69) is 10.0 Å². The highest BCUT2D eigenvalue weighted by Crippen LogP contribution is 2.17. The summed E-state index contributed by atoms with van der Waals surface area (Å²) in [6.45, 7) is 0. The number of rotatable bonds is 4. The van der Waals surface area contributed by atoms with Crippen molar-refractivity contribution in [1.82, 2.24) is 4.72 Å².